The highest BCUT2D eigenvalue weighted by Gasteiger charge is 2.23. The maximum absolute atomic E-state index is 12.5. The van der Waals surface area contributed by atoms with Gasteiger partial charge in [0.1, 0.15) is 11.9 Å². The van der Waals surface area contributed by atoms with Crippen molar-refractivity contribution < 1.29 is 19.1 Å². The van der Waals surface area contributed by atoms with Crippen molar-refractivity contribution in [3.05, 3.63) is 41.5 Å². The van der Waals surface area contributed by atoms with Crippen molar-refractivity contribution in [2.45, 2.75) is 52.7 Å². The standard InChI is InChI=1S/C24H32N2O4/c1-15(2)14-29-24(28)21-7-5-17-13-19(6-8-20(17)22(21)23(25)27)30-18-9-11-26(12-10-18)16(3)4/h5-8,13,15-16,18H,9-12,14H2,1-4H3,(H2,25,27). The summed E-state index contributed by atoms with van der Waals surface area (Å²) in [7, 11) is 0. The fourth-order valence-electron chi connectivity index (χ4n) is 3.84. The molecule has 0 atom stereocenters. The lowest BCUT2D eigenvalue weighted by molar-refractivity contribution is 0.0456. The van der Waals surface area contributed by atoms with Crippen molar-refractivity contribution in [3.63, 3.8) is 0 Å². The number of amides is 1. The van der Waals surface area contributed by atoms with Crippen molar-refractivity contribution in [3.8, 4) is 5.75 Å². The van der Waals surface area contributed by atoms with Gasteiger partial charge in [0.05, 0.1) is 17.7 Å². The third-order valence-corrected chi connectivity index (χ3v) is 5.51. The Kier molecular flexibility index (Phi) is 6.98. The van der Waals surface area contributed by atoms with Crippen LogP contribution in [0.5, 0.6) is 5.75 Å². The predicted molar refractivity (Wildman–Crippen MR) is 118 cm³/mol. The van der Waals surface area contributed by atoms with E-state index < -0.39 is 11.9 Å². The fraction of sp³-hybridized carbons (Fsp3) is 0.500. The molecule has 0 aromatic heterocycles. The molecule has 6 heteroatoms. The van der Waals surface area contributed by atoms with E-state index in [0.29, 0.717) is 11.4 Å². The summed E-state index contributed by atoms with van der Waals surface area (Å²) in [5.74, 6) is -0.210. The van der Waals surface area contributed by atoms with Crippen molar-refractivity contribution in [2.75, 3.05) is 19.7 Å². The Morgan fingerprint density at radius 3 is 2.40 bits per heavy atom. The van der Waals surface area contributed by atoms with Crippen LogP contribution in [0.15, 0.2) is 30.3 Å². The number of carbonyl (C=O) groups excluding carboxylic acids is 2. The monoisotopic (exact) mass is 412 g/mol. The molecule has 0 radical (unpaired) electrons. The second-order valence-corrected chi connectivity index (χ2v) is 8.67. The summed E-state index contributed by atoms with van der Waals surface area (Å²) in [6.45, 7) is 10.7. The summed E-state index contributed by atoms with van der Waals surface area (Å²) in [6.07, 6.45) is 2.16. The van der Waals surface area contributed by atoms with Crippen LogP contribution in [0.2, 0.25) is 0 Å². The second kappa shape index (κ2) is 9.47. The molecule has 0 spiro atoms. The SMILES string of the molecule is CC(C)COC(=O)c1ccc2cc(OC3CCN(C(C)C)CC3)ccc2c1C(N)=O. The maximum atomic E-state index is 12.5. The van der Waals surface area contributed by atoms with Gasteiger partial charge in [0.2, 0.25) is 5.91 Å². The lowest BCUT2D eigenvalue weighted by Crippen LogP contribution is -2.41. The Bertz CT molecular complexity index is 915. The average molecular weight is 413 g/mol. The molecule has 0 aliphatic carbocycles. The molecule has 0 unspecified atom stereocenters. The van der Waals surface area contributed by atoms with Crippen LogP contribution in [0.1, 0.15) is 61.3 Å². The Balaban J connectivity index is 1.81. The van der Waals surface area contributed by atoms with E-state index in [1.54, 1.807) is 12.1 Å². The number of hydrogen-bond donors (Lipinski definition) is 1. The number of esters is 1. The van der Waals surface area contributed by atoms with E-state index >= 15 is 0 Å². The van der Waals surface area contributed by atoms with Crippen LogP contribution in [0.4, 0.5) is 0 Å². The Morgan fingerprint density at radius 2 is 1.80 bits per heavy atom. The van der Waals surface area contributed by atoms with Gasteiger partial charge < -0.3 is 20.1 Å². The molecule has 6 nitrogen and oxygen atoms in total. The number of nitrogens with zero attached hydrogens (tertiary/aromatic N) is 1. The highest BCUT2D eigenvalue weighted by Crippen LogP contribution is 2.29. The quantitative estimate of drug-likeness (QED) is 0.695. The van der Waals surface area contributed by atoms with Gasteiger partial charge in [0, 0.05) is 19.1 Å². The van der Waals surface area contributed by atoms with Crippen molar-refractivity contribution in [2.24, 2.45) is 11.7 Å². The molecule has 1 amide bonds. The van der Waals surface area contributed by atoms with Gasteiger partial charge in [-0.1, -0.05) is 19.9 Å². The summed E-state index contributed by atoms with van der Waals surface area (Å²) in [5.41, 5.74) is 6.01. The summed E-state index contributed by atoms with van der Waals surface area (Å²) in [6, 6.07) is 9.51. The number of carbonyl (C=O) groups is 2. The van der Waals surface area contributed by atoms with Crippen LogP contribution in [-0.4, -0.2) is 48.6 Å². The number of piperidine rings is 1. The van der Waals surface area contributed by atoms with E-state index in [1.807, 2.05) is 32.0 Å². The van der Waals surface area contributed by atoms with Gasteiger partial charge in [-0.25, -0.2) is 4.79 Å². The van der Waals surface area contributed by atoms with Gasteiger partial charge in [0.25, 0.3) is 0 Å². The van der Waals surface area contributed by atoms with E-state index in [4.69, 9.17) is 15.2 Å². The van der Waals surface area contributed by atoms with Crippen LogP contribution in [0.3, 0.4) is 0 Å². The number of rotatable bonds is 7. The molecule has 2 N–H and O–H groups in total. The van der Waals surface area contributed by atoms with E-state index in [0.717, 1.165) is 37.1 Å². The topological polar surface area (TPSA) is 81.9 Å². The molecule has 162 valence electrons. The number of hydrogen-bond acceptors (Lipinski definition) is 5. The van der Waals surface area contributed by atoms with E-state index in [9.17, 15) is 9.59 Å². The molecule has 1 fully saturated rings. The minimum absolute atomic E-state index is 0.179. The molecule has 3 rings (SSSR count). The first-order chi connectivity index (χ1) is 14.3. The minimum atomic E-state index is -0.646. The van der Waals surface area contributed by atoms with E-state index in [2.05, 4.69) is 18.7 Å². The average Bonchev–Trinajstić information content (AvgIpc) is 2.71. The molecular weight excluding hydrogens is 380 g/mol. The number of fused-ring (bicyclic) bond motifs is 1. The Hall–Kier alpha value is -2.60. The fourth-order valence-corrected chi connectivity index (χ4v) is 3.84. The molecule has 30 heavy (non-hydrogen) atoms. The molecule has 1 aliphatic rings. The third-order valence-electron chi connectivity index (χ3n) is 5.51. The number of nitrogens with two attached hydrogens (primary N) is 1. The first kappa shape index (κ1) is 22.1. The Morgan fingerprint density at radius 1 is 1.10 bits per heavy atom. The number of ether oxygens (including phenoxy) is 2. The van der Waals surface area contributed by atoms with Crippen molar-refractivity contribution in [1.82, 2.24) is 4.90 Å². The highest BCUT2D eigenvalue weighted by atomic mass is 16.5. The molecular formula is C24H32N2O4. The van der Waals surface area contributed by atoms with Gasteiger partial charge in [-0.2, -0.15) is 0 Å². The summed E-state index contributed by atoms with van der Waals surface area (Å²) in [4.78, 5) is 27.1. The predicted octanol–water partition coefficient (Wildman–Crippen LogP) is 4.00. The molecule has 2 aromatic rings. The second-order valence-electron chi connectivity index (χ2n) is 8.67. The lowest BCUT2D eigenvalue weighted by Gasteiger charge is -2.34. The molecule has 1 saturated heterocycles. The van der Waals surface area contributed by atoms with Gasteiger partial charge in [-0.3, -0.25) is 4.79 Å². The largest absolute Gasteiger partial charge is 0.490 e. The number of benzene rings is 2. The van der Waals surface area contributed by atoms with Gasteiger partial charge >= 0.3 is 5.97 Å². The minimum Gasteiger partial charge on any atom is -0.490 e. The molecule has 0 bridgehead atoms. The van der Waals surface area contributed by atoms with Crippen LogP contribution in [0, 0.1) is 5.92 Å². The summed E-state index contributed by atoms with van der Waals surface area (Å²) in [5, 5.41) is 1.43. The van der Waals surface area contributed by atoms with Crippen molar-refractivity contribution in [1.29, 1.82) is 0 Å². The van der Waals surface area contributed by atoms with Crippen molar-refractivity contribution >= 4 is 22.6 Å². The third kappa shape index (κ3) is 5.11. The normalized spacial score (nSPS) is 15.7. The van der Waals surface area contributed by atoms with E-state index in [1.165, 1.54) is 0 Å². The van der Waals surface area contributed by atoms with Crippen LogP contribution in [0.25, 0.3) is 10.8 Å². The smallest absolute Gasteiger partial charge is 0.338 e. The summed E-state index contributed by atoms with van der Waals surface area (Å²) < 4.78 is 11.5. The molecule has 2 aromatic carbocycles. The van der Waals surface area contributed by atoms with Gasteiger partial charge in [-0.05, 0) is 67.6 Å². The highest BCUT2D eigenvalue weighted by molar-refractivity contribution is 6.14. The summed E-state index contributed by atoms with van der Waals surface area (Å²) >= 11 is 0. The maximum Gasteiger partial charge on any atom is 0.338 e. The van der Waals surface area contributed by atoms with Gasteiger partial charge in [0.15, 0.2) is 0 Å². The van der Waals surface area contributed by atoms with Gasteiger partial charge in [-0.15, -0.1) is 0 Å². The lowest BCUT2D eigenvalue weighted by atomic mass is 9.98. The van der Waals surface area contributed by atoms with Crippen LogP contribution in [-0.2, 0) is 4.74 Å². The first-order valence-corrected chi connectivity index (χ1v) is 10.7. The Labute approximate surface area is 178 Å². The number of likely N-dealkylation sites (tertiary alicyclic amines) is 1. The zero-order valence-corrected chi connectivity index (χ0v) is 18.3. The first-order valence-electron chi connectivity index (χ1n) is 10.7. The zero-order valence-electron chi connectivity index (χ0n) is 18.3. The van der Waals surface area contributed by atoms with Crippen LogP contribution < -0.4 is 10.5 Å². The molecule has 0 saturated carbocycles. The van der Waals surface area contributed by atoms with E-state index in [-0.39, 0.29) is 29.8 Å². The van der Waals surface area contributed by atoms with Crippen LogP contribution >= 0.6 is 0 Å². The number of primary amides is 1. The molecule has 1 aliphatic heterocycles. The zero-order chi connectivity index (χ0) is 21.8. The molecule has 1 heterocycles.